The highest BCUT2D eigenvalue weighted by molar-refractivity contribution is 5.88. The SMILES string of the molecule is O=C(NC1CCOC1C(=O)N1CCCCCC1C(=O)O)OCC1c2ccccc2-c2ccccc21. The number of carbonyl (C=O) groups excluding carboxylic acids is 2. The van der Waals surface area contributed by atoms with Crippen LogP contribution in [0.4, 0.5) is 4.79 Å². The summed E-state index contributed by atoms with van der Waals surface area (Å²) in [6.07, 6.45) is 1.80. The van der Waals surface area contributed by atoms with Crippen LogP contribution in [0.3, 0.4) is 0 Å². The summed E-state index contributed by atoms with van der Waals surface area (Å²) in [5.41, 5.74) is 4.55. The lowest BCUT2D eigenvalue weighted by molar-refractivity contribution is -0.155. The Labute approximate surface area is 204 Å². The van der Waals surface area contributed by atoms with Gasteiger partial charge in [0.1, 0.15) is 12.6 Å². The zero-order valence-corrected chi connectivity index (χ0v) is 19.5. The first-order chi connectivity index (χ1) is 17.0. The van der Waals surface area contributed by atoms with Gasteiger partial charge in [-0.05, 0) is 41.5 Å². The number of amides is 2. The van der Waals surface area contributed by atoms with Gasteiger partial charge in [0.2, 0.25) is 0 Å². The van der Waals surface area contributed by atoms with Gasteiger partial charge in [0.15, 0.2) is 6.10 Å². The first-order valence-corrected chi connectivity index (χ1v) is 12.3. The molecule has 1 aliphatic carbocycles. The number of benzene rings is 2. The molecular formula is C27H30N2O6. The van der Waals surface area contributed by atoms with Crippen molar-refractivity contribution in [1.29, 1.82) is 0 Å². The number of rotatable bonds is 5. The molecule has 3 unspecified atom stereocenters. The van der Waals surface area contributed by atoms with Gasteiger partial charge in [-0.15, -0.1) is 0 Å². The summed E-state index contributed by atoms with van der Waals surface area (Å²) in [4.78, 5) is 39.2. The normalized spacial score (nSPS) is 23.8. The van der Waals surface area contributed by atoms with Gasteiger partial charge in [0.25, 0.3) is 5.91 Å². The van der Waals surface area contributed by atoms with Gasteiger partial charge in [-0.1, -0.05) is 61.4 Å². The predicted octanol–water partition coefficient (Wildman–Crippen LogP) is 3.54. The summed E-state index contributed by atoms with van der Waals surface area (Å²) in [5, 5.41) is 12.4. The molecule has 0 spiro atoms. The first-order valence-electron chi connectivity index (χ1n) is 12.3. The monoisotopic (exact) mass is 478 g/mol. The number of aliphatic carboxylic acids is 1. The molecule has 2 aromatic carbocycles. The van der Waals surface area contributed by atoms with Crippen LogP contribution in [0.25, 0.3) is 11.1 Å². The number of carboxylic acid groups (broad SMARTS) is 1. The summed E-state index contributed by atoms with van der Waals surface area (Å²) < 4.78 is 11.3. The molecule has 8 heteroatoms. The number of nitrogens with zero attached hydrogens (tertiary/aromatic N) is 1. The Morgan fingerprint density at radius 1 is 0.971 bits per heavy atom. The van der Waals surface area contributed by atoms with E-state index in [9.17, 15) is 19.5 Å². The van der Waals surface area contributed by atoms with Crippen LogP contribution in [0.1, 0.15) is 49.1 Å². The lowest BCUT2D eigenvalue weighted by atomic mass is 9.98. The van der Waals surface area contributed by atoms with E-state index in [1.54, 1.807) is 0 Å². The molecule has 184 valence electrons. The standard InChI is InChI=1S/C27H30N2O6/c30-25(29-14-7-1-2-12-23(29)26(31)32)24-22(13-15-34-24)28-27(33)35-16-21-19-10-5-3-8-17(19)18-9-4-6-11-20(18)21/h3-6,8-11,21-24H,1-2,7,12-16H2,(H,28,33)(H,31,32). The summed E-state index contributed by atoms with van der Waals surface area (Å²) in [6.45, 7) is 0.878. The summed E-state index contributed by atoms with van der Waals surface area (Å²) in [5.74, 6) is -1.43. The van der Waals surface area contributed by atoms with Crippen molar-refractivity contribution < 1.29 is 29.0 Å². The maximum atomic E-state index is 13.2. The van der Waals surface area contributed by atoms with Gasteiger partial charge in [-0.25, -0.2) is 9.59 Å². The number of hydrogen-bond acceptors (Lipinski definition) is 5. The van der Waals surface area contributed by atoms with E-state index >= 15 is 0 Å². The van der Waals surface area contributed by atoms with Gasteiger partial charge < -0.3 is 24.8 Å². The Morgan fingerprint density at radius 2 is 1.66 bits per heavy atom. The van der Waals surface area contributed by atoms with Crippen LogP contribution < -0.4 is 5.32 Å². The Hall–Kier alpha value is -3.39. The highest BCUT2D eigenvalue weighted by Gasteiger charge is 2.42. The Kier molecular flexibility index (Phi) is 6.72. The molecule has 0 aromatic heterocycles. The molecule has 2 saturated heterocycles. The largest absolute Gasteiger partial charge is 0.480 e. The molecule has 3 aliphatic rings. The second-order valence-electron chi connectivity index (χ2n) is 9.39. The minimum atomic E-state index is -1.00. The van der Waals surface area contributed by atoms with Crippen LogP contribution in [0.5, 0.6) is 0 Å². The number of carboxylic acids is 1. The minimum Gasteiger partial charge on any atom is -0.480 e. The molecule has 2 amide bonds. The Balaban J connectivity index is 1.23. The minimum absolute atomic E-state index is 0.0566. The van der Waals surface area contributed by atoms with E-state index in [1.807, 2.05) is 24.3 Å². The zero-order chi connectivity index (χ0) is 24.4. The molecule has 3 atom stereocenters. The summed E-state index contributed by atoms with van der Waals surface area (Å²) in [6, 6.07) is 14.8. The molecule has 2 N–H and O–H groups in total. The molecule has 2 aliphatic heterocycles. The van der Waals surface area contributed by atoms with Crippen molar-refractivity contribution in [3.8, 4) is 11.1 Å². The van der Waals surface area contributed by atoms with Crippen LogP contribution in [0.2, 0.25) is 0 Å². The molecule has 2 aromatic rings. The molecule has 0 bridgehead atoms. The third-order valence-corrected chi connectivity index (χ3v) is 7.30. The maximum Gasteiger partial charge on any atom is 0.407 e. The van der Waals surface area contributed by atoms with Gasteiger partial charge in [0.05, 0.1) is 6.04 Å². The average molecular weight is 479 g/mol. The number of hydrogen-bond donors (Lipinski definition) is 2. The average Bonchev–Trinajstić information content (AvgIpc) is 3.35. The fourth-order valence-corrected chi connectivity index (χ4v) is 5.56. The van der Waals surface area contributed by atoms with Crippen molar-refractivity contribution in [2.75, 3.05) is 19.8 Å². The molecule has 0 radical (unpaired) electrons. The van der Waals surface area contributed by atoms with Crippen LogP contribution >= 0.6 is 0 Å². The fourth-order valence-electron chi connectivity index (χ4n) is 5.56. The van der Waals surface area contributed by atoms with Crippen LogP contribution in [0, 0.1) is 0 Å². The van der Waals surface area contributed by atoms with Gasteiger partial charge >= 0.3 is 12.1 Å². The van der Waals surface area contributed by atoms with Gasteiger partial charge in [-0.3, -0.25) is 4.79 Å². The van der Waals surface area contributed by atoms with Crippen molar-refractivity contribution >= 4 is 18.0 Å². The predicted molar refractivity (Wildman–Crippen MR) is 128 cm³/mol. The Morgan fingerprint density at radius 3 is 2.34 bits per heavy atom. The number of alkyl carbamates (subject to hydrolysis) is 1. The van der Waals surface area contributed by atoms with Crippen molar-refractivity contribution in [1.82, 2.24) is 10.2 Å². The molecule has 35 heavy (non-hydrogen) atoms. The third kappa shape index (κ3) is 4.62. The van der Waals surface area contributed by atoms with Gasteiger partial charge in [-0.2, -0.15) is 0 Å². The van der Waals surface area contributed by atoms with E-state index in [0.717, 1.165) is 41.5 Å². The summed E-state index contributed by atoms with van der Waals surface area (Å²) in [7, 11) is 0. The van der Waals surface area contributed by atoms with Crippen LogP contribution in [0.15, 0.2) is 48.5 Å². The molecular weight excluding hydrogens is 448 g/mol. The molecule has 2 fully saturated rings. The van der Waals surface area contributed by atoms with Crippen LogP contribution in [-0.4, -0.2) is 65.9 Å². The lowest BCUT2D eigenvalue weighted by Gasteiger charge is -2.31. The second kappa shape index (κ2) is 10.1. The number of fused-ring (bicyclic) bond motifs is 3. The smallest absolute Gasteiger partial charge is 0.407 e. The topological polar surface area (TPSA) is 105 Å². The maximum absolute atomic E-state index is 13.2. The molecule has 2 heterocycles. The Bertz CT molecular complexity index is 1070. The van der Waals surface area contributed by atoms with Crippen molar-refractivity contribution in [2.45, 2.75) is 56.2 Å². The van der Waals surface area contributed by atoms with E-state index < -0.39 is 30.3 Å². The quantitative estimate of drug-likeness (QED) is 0.681. The number of carbonyl (C=O) groups is 3. The van der Waals surface area contributed by atoms with E-state index in [1.165, 1.54) is 4.90 Å². The second-order valence-corrected chi connectivity index (χ2v) is 9.39. The molecule has 5 rings (SSSR count). The lowest BCUT2D eigenvalue weighted by Crippen LogP contribution is -2.54. The first kappa shape index (κ1) is 23.4. The summed E-state index contributed by atoms with van der Waals surface area (Å²) >= 11 is 0. The number of ether oxygens (including phenoxy) is 2. The zero-order valence-electron chi connectivity index (χ0n) is 19.5. The third-order valence-electron chi connectivity index (χ3n) is 7.30. The van der Waals surface area contributed by atoms with Crippen molar-refractivity contribution in [3.05, 3.63) is 59.7 Å². The number of likely N-dealkylation sites (tertiary alicyclic amines) is 1. The van der Waals surface area contributed by atoms with Crippen molar-refractivity contribution in [3.63, 3.8) is 0 Å². The molecule has 8 nitrogen and oxygen atoms in total. The van der Waals surface area contributed by atoms with E-state index in [2.05, 4.69) is 29.6 Å². The van der Waals surface area contributed by atoms with E-state index in [0.29, 0.717) is 26.0 Å². The molecule has 0 saturated carbocycles. The number of nitrogens with one attached hydrogen (secondary N) is 1. The highest BCUT2D eigenvalue weighted by atomic mass is 16.6. The fraction of sp³-hybridized carbons (Fsp3) is 0.444. The highest BCUT2D eigenvalue weighted by Crippen LogP contribution is 2.44. The van der Waals surface area contributed by atoms with Crippen molar-refractivity contribution in [2.24, 2.45) is 0 Å². The van der Waals surface area contributed by atoms with Gasteiger partial charge in [0, 0.05) is 19.1 Å². The van der Waals surface area contributed by atoms with Crippen LogP contribution in [-0.2, 0) is 19.1 Å². The van der Waals surface area contributed by atoms with E-state index in [4.69, 9.17) is 9.47 Å². The van der Waals surface area contributed by atoms with E-state index in [-0.39, 0.29) is 18.4 Å².